The maximum Gasteiger partial charge on any atom is 0.251 e. The van der Waals surface area contributed by atoms with E-state index in [9.17, 15) is 4.79 Å². The van der Waals surface area contributed by atoms with Gasteiger partial charge in [-0.3, -0.25) is 9.78 Å². The Morgan fingerprint density at radius 3 is 2.37 bits per heavy atom. The number of aromatic nitrogens is 4. The Balaban J connectivity index is 1.35. The van der Waals surface area contributed by atoms with Crippen molar-refractivity contribution < 1.29 is 4.79 Å². The van der Waals surface area contributed by atoms with Gasteiger partial charge in [-0.2, -0.15) is 0 Å². The Kier molecular flexibility index (Phi) is 5.76. The number of amides is 1. The summed E-state index contributed by atoms with van der Waals surface area (Å²) in [5.41, 5.74) is 5.03. The molecule has 0 aliphatic rings. The van der Waals surface area contributed by atoms with E-state index in [-0.39, 0.29) is 5.91 Å². The van der Waals surface area contributed by atoms with E-state index < -0.39 is 0 Å². The summed E-state index contributed by atoms with van der Waals surface area (Å²) in [5.74, 6) is 0.390. The van der Waals surface area contributed by atoms with Crippen molar-refractivity contribution in [3.05, 3.63) is 82.9 Å². The molecule has 0 fully saturated rings. The predicted octanol–water partition coefficient (Wildman–Crippen LogP) is 4.29. The van der Waals surface area contributed by atoms with Crippen LogP contribution in [0.2, 0.25) is 0 Å². The second kappa shape index (κ2) is 8.79. The van der Waals surface area contributed by atoms with Gasteiger partial charge in [-0.1, -0.05) is 0 Å². The number of rotatable bonds is 6. The van der Waals surface area contributed by atoms with Gasteiger partial charge < -0.3 is 10.6 Å². The zero-order valence-electron chi connectivity index (χ0n) is 16.6. The van der Waals surface area contributed by atoms with E-state index in [1.54, 1.807) is 35.9 Å². The summed E-state index contributed by atoms with van der Waals surface area (Å²) in [7, 11) is 0. The minimum absolute atomic E-state index is 0.150. The summed E-state index contributed by atoms with van der Waals surface area (Å²) in [5, 5.41) is 8.93. The molecule has 30 heavy (non-hydrogen) atoms. The standard InChI is InChI=1S/C22H20N6OS/c1-14-11-15(2)26-22(25-14)28-18-5-3-16(4-6-18)20(29)24-12-19-13-30-21(27-19)17-7-9-23-10-8-17/h3-11,13H,12H2,1-2H3,(H,24,29)(H,25,26,28). The zero-order chi connectivity index (χ0) is 20.9. The van der Waals surface area contributed by atoms with Crippen LogP contribution in [0.15, 0.2) is 60.2 Å². The maximum atomic E-state index is 12.5. The van der Waals surface area contributed by atoms with Gasteiger partial charge in [0.25, 0.3) is 5.91 Å². The molecule has 3 heterocycles. The molecule has 0 atom stereocenters. The fourth-order valence-electron chi connectivity index (χ4n) is 2.90. The molecule has 7 nitrogen and oxygen atoms in total. The lowest BCUT2D eigenvalue weighted by molar-refractivity contribution is 0.0950. The van der Waals surface area contributed by atoms with Crippen LogP contribution in [-0.4, -0.2) is 25.8 Å². The number of nitrogens with zero attached hydrogens (tertiary/aromatic N) is 4. The molecule has 0 radical (unpaired) electrons. The van der Waals surface area contributed by atoms with Crippen molar-refractivity contribution in [1.29, 1.82) is 0 Å². The predicted molar refractivity (Wildman–Crippen MR) is 118 cm³/mol. The number of benzene rings is 1. The van der Waals surface area contributed by atoms with Gasteiger partial charge in [0.05, 0.1) is 12.2 Å². The van der Waals surface area contributed by atoms with Crippen LogP contribution in [0.4, 0.5) is 11.6 Å². The van der Waals surface area contributed by atoms with E-state index in [0.29, 0.717) is 18.1 Å². The van der Waals surface area contributed by atoms with Gasteiger partial charge in [0.2, 0.25) is 5.95 Å². The Bertz CT molecular complexity index is 1140. The molecule has 0 aliphatic heterocycles. The SMILES string of the molecule is Cc1cc(C)nc(Nc2ccc(C(=O)NCc3csc(-c4ccncc4)n3)cc2)n1. The molecule has 0 bridgehead atoms. The molecule has 1 amide bonds. The highest BCUT2D eigenvalue weighted by Gasteiger charge is 2.09. The van der Waals surface area contributed by atoms with E-state index in [2.05, 4.69) is 30.6 Å². The summed E-state index contributed by atoms with van der Waals surface area (Å²) in [6.07, 6.45) is 3.48. The smallest absolute Gasteiger partial charge is 0.251 e. The number of nitrogens with one attached hydrogen (secondary N) is 2. The molecule has 0 saturated heterocycles. The third kappa shape index (κ3) is 4.84. The second-order valence-electron chi connectivity index (χ2n) is 6.74. The van der Waals surface area contributed by atoms with Crippen molar-refractivity contribution in [3.63, 3.8) is 0 Å². The third-order valence-electron chi connectivity index (χ3n) is 4.29. The van der Waals surface area contributed by atoms with Crippen LogP contribution in [0.25, 0.3) is 10.6 Å². The van der Waals surface area contributed by atoms with Crippen LogP contribution in [0.1, 0.15) is 27.4 Å². The van der Waals surface area contributed by atoms with Crippen molar-refractivity contribution in [1.82, 2.24) is 25.3 Å². The van der Waals surface area contributed by atoms with Gasteiger partial charge in [0.15, 0.2) is 0 Å². The fraction of sp³-hybridized carbons (Fsp3) is 0.136. The summed E-state index contributed by atoms with van der Waals surface area (Å²) in [4.78, 5) is 29.8. The van der Waals surface area contributed by atoms with Gasteiger partial charge >= 0.3 is 0 Å². The molecule has 8 heteroatoms. The summed E-state index contributed by atoms with van der Waals surface area (Å²) in [6.45, 7) is 4.22. The minimum atomic E-state index is -0.150. The third-order valence-corrected chi connectivity index (χ3v) is 5.23. The molecule has 0 unspecified atom stereocenters. The first-order valence-electron chi connectivity index (χ1n) is 9.39. The molecular formula is C22H20N6OS. The molecule has 4 aromatic rings. The topological polar surface area (TPSA) is 92.7 Å². The average Bonchev–Trinajstić information content (AvgIpc) is 3.22. The van der Waals surface area contributed by atoms with E-state index in [1.165, 1.54) is 0 Å². The Labute approximate surface area is 178 Å². The Morgan fingerprint density at radius 1 is 0.967 bits per heavy atom. The average molecular weight is 417 g/mol. The minimum Gasteiger partial charge on any atom is -0.346 e. The summed E-state index contributed by atoms with van der Waals surface area (Å²) < 4.78 is 0. The molecule has 0 aliphatic carbocycles. The van der Waals surface area contributed by atoms with Gasteiger partial charge in [-0.25, -0.2) is 15.0 Å². The number of hydrogen-bond donors (Lipinski definition) is 2. The van der Waals surface area contributed by atoms with Gasteiger partial charge in [0, 0.05) is 46.0 Å². The largest absolute Gasteiger partial charge is 0.346 e. The Morgan fingerprint density at radius 2 is 1.67 bits per heavy atom. The number of aryl methyl sites for hydroxylation is 2. The van der Waals surface area contributed by atoms with Crippen LogP contribution in [0.3, 0.4) is 0 Å². The van der Waals surface area contributed by atoms with Crippen molar-refractivity contribution in [3.8, 4) is 10.6 Å². The highest BCUT2D eigenvalue weighted by Crippen LogP contribution is 2.22. The number of carbonyl (C=O) groups excluding carboxylic acids is 1. The molecule has 1 aromatic carbocycles. The van der Waals surface area contributed by atoms with E-state index in [1.807, 2.05) is 49.6 Å². The van der Waals surface area contributed by atoms with Crippen LogP contribution >= 0.6 is 11.3 Å². The van der Waals surface area contributed by atoms with Gasteiger partial charge in [0.1, 0.15) is 5.01 Å². The van der Waals surface area contributed by atoms with Crippen molar-refractivity contribution in [2.45, 2.75) is 20.4 Å². The zero-order valence-corrected chi connectivity index (χ0v) is 17.4. The molecule has 150 valence electrons. The van der Waals surface area contributed by atoms with Crippen LogP contribution in [0.5, 0.6) is 0 Å². The number of thiazole rings is 1. The maximum absolute atomic E-state index is 12.5. The fourth-order valence-corrected chi connectivity index (χ4v) is 3.73. The van der Waals surface area contributed by atoms with Gasteiger partial charge in [-0.15, -0.1) is 11.3 Å². The van der Waals surface area contributed by atoms with Crippen molar-refractivity contribution in [2.75, 3.05) is 5.32 Å². The number of pyridine rings is 1. The monoisotopic (exact) mass is 416 g/mol. The second-order valence-corrected chi connectivity index (χ2v) is 7.60. The van der Waals surface area contributed by atoms with E-state index >= 15 is 0 Å². The lowest BCUT2D eigenvalue weighted by Crippen LogP contribution is -2.22. The summed E-state index contributed by atoms with van der Waals surface area (Å²) >= 11 is 1.54. The number of anilines is 2. The first-order valence-corrected chi connectivity index (χ1v) is 10.3. The lowest BCUT2D eigenvalue weighted by atomic mass is 10.2. The van der Waals surface area contributed by atoms with Crippen LogP contribution < -0.4 is 10.6 Å². The van der Waals surface area contributed by atoms with E-state index in [0.717, 1.165) is 33.3 Å². The Hall–Kier alpha value is -3.65. The summed E-state index contributed by atoms with van der Waals surface area (Å²) in [6, 6.07) is 13.0. The molecule has 4 rings (SSSR count). The van der Waals surface area contributed by atoms with Crippen molar-refractivity contribution >= 4 is 28.9 Å². The highest BCUT2D eigenvalue weighted by atomic mass is 32.1. The molecule has 2 N–H and O–H groups in total. The van der Waals surface area contributed by atoms with Crippen molar-refractivity contribution in [2.24, 2.45) is 0 Å². The first-order chi connectivity index (χ1) is 14.6. The van der Waals surface area contributed by atoms with E-state index in [4.69, 9.17) is 0 Å². The van der Waals surface area contributed by atoms with Crippen LogP contribution in [-0.2, 0) is 6.54 Å². The van der Waals surface area contributed by atoms with Crippen LogP contribution in [0, 0.1) is 13.8 Å². The van der Waals surface area contributed by atoms with Gasteiger partial charge in [-0.05, 0) is 56.3 Å². The molecular weight excluding hydrogens is 396 g/mol. The number of hydrogen-bond acceptors (Lipinski definition) is 7. The molecule has 0 saturated carbocycles. The first kappa shape index (κ1) is 19.7. The lowest BCUT2D eigenvalue weighted by Gasteiger charge is -2.08. The molecule has 0 spiro atoms. The normalized spacial score (nSPS) is 10.6. The number of carbonyl (C=O) groups is 1. The molecule has 3 aromatic heterocycles. The highest BCUT2D eigenvalue weighted by molar-refractivity contribution is 7.13. The quantitative estimate of drug-likeness (QED) is 0.487.